The summed E-state index contributed by atoms with van der Waals surface area (Å²) in [4.78, 5) is 10.9. The van der Waals surface area contributed by atoms with Crippen LogP contribution in [-0.2, 0) is 15.7 Å². The molecule has 0 rings (SSSR count). The summed E-state index contributed by atoms with van der Waals surface area (Å²) in [5, 5.41) is 0.456. The van der Waals surface area contributed by atoms with Gasteiger partial charge in [-0.25, -0.2) is 0 Å². The van der Waals surface area contributed by atoms with Crippen molar-refractivity contribution in [3.05, 3.63) is 0 Å². The third-order valence-corrected chi connectivity index (χ3v) is 5.09. The molecule has 0 bridgehead atoms. The monoisotopic (exact) mass is 225 g/mol. The van der Waals surface area contributed by atoms with Crippen molar-refractivity contribution in [2.75, 3.05) is 12.5 Å². The second-order valence-corrected chi connectivity index (χ2v) is 6.09. The van der Waals surface area contributed by atoms with E-state index >= 15 is 0 Å². The first-order valence-electron chi connectivity index (χ1n) is 3.17. The second-order valence-electron chi connectivity index (χ2n) is 2.60. The normalized spacial score (nSPS) is 17.0. The molecule has 10 heavy (non-hydrogen) atoms. The number of carbonyl (C=O) groups excluding carboxylic acids is 1. The van der Waals surface area contributed by atoms with Crippen molar-refractivity contribution in [1.29, 1.82) is 0 Å². The maximum atomic E-state index is 10.8. The zero-order valence-corrected chi connectivity index (χ0v) is 9.25. The first-order valence-corrected chi connectivity index (χ1v) is 6.19. The maximum Gasteiger partial charge on any atom is 0.148 e. The number of hydrogen-bond acceptors (Lipinski definition) is 1. The van der Waals surface area contributed by atoms with Crippen molar-refractivity contribution in [1.82, 2.24) is 0 Å². The standard InChI is InChI=1S/C7H14BrOS/c1-5(9)7(8)6(2)10(3)4/h6-7H,1-4H3/q+1. The highest BCUT2D eigenvalue weighted by atomic mass is 79.9. The van der Waals surface area contributed by atoms with Gasteiger partial charge in [0.1, 0.15) is 15.9 Å². The quantitative estimate of drug-likeness (QED) is 0.527. The molecule has 2 atom stereocenters. The molecule has 0 N–H and O–H groups in total. The molecule has 1 nitrogen and oxygen atoms in total. The summed E-state index contributed by atoms with van der Waals surface area (Å²) < 4.78 is 0. The topological polar surface area (TPSA) is 17.1 Å². The van der Waals surface area contributed by atoms with Crippen LogP contribution in [0.2, 0.25) is 0 Å². The first-order chi connectivity index (χ1) is 4.46. The summed E-state index contributed by atoms with van der Waals surface area (Å²) in [5.74, 6) is 0.230. The molecule has 0 aromatic rings. The van der Waals surface area contributed by atoms with Gasteiger partial charge < -0.3 is 0 Å². The van der Waals surface area contributed by atoms with Crippen molar-refractivity contribution in [2.24, 2.45) is 0 Å². The lowest BCUT2D eigenvalue weighted by Crippen LogP contribution is -2.30. The average Bonchev–Trinajstić information content (AvgIpc) is 1.84. The molecule has 0 saturated carbocycles. The van der Waals surface area contributed by atoms with Crippen LogP contribution in [-0.4, -0.2) is 28.4 Å². The minimum atomic E-state index is 0.0471. The van der Waals surface area contributed by atoms with Gasteiger partial charge >= 0.3 is 0 Å². The highest BCUT2D eigenvalue weighted by Crippen LogP contribution is 2.13. The molecule has 2 unspecified atom stereocenters. The minimum Gasteiger partial charge on any atom is -0.299 e. The molecule has 0 aliphatic heterocycles. The molecule has 0 fully saturated rings. The fourth-order valence-electron chi connectivity index (χ4n) is 0.569. The third kappa shape index (κ3) is 3.06. The molecular weight excluding hydrogens is 212 g/mol. The van der Waals surface area contributed by atoms with E-state index in [0.717, 1.165) is 0 Å². The predicted octanol–water partition coefficient (Wildman–Crippen LogP) is 1.61. The van der Waals surface area contributed by atoms with E-state index < -0.39 is 0 Å². The van der Waals surface area contributed by atoms with E-state index in [9.17, 15) is 4.79 Å². The zero-order valence-electron chi connectivity index (χ0n) is 6.85. The molecule has 3 heteroatoms. The van der Waals surface area contributed by atoms with Crippen molar-refractivity contribution in [2.45, 2.75) is 23.9 Å². The molecule has 0 aromatic carbocycles. The Morgan fingerprint density at radius 1 is 1.50 bits per heavy atom. The van der Waals surface area contributed by atoms with Crippen LogP contribution in [0, 0.1) is 0 Å². The Labute approximate surface area is 74.0 Å². The van der Waals surface area contributed by atoms with Crippen LogP contribution in [0.15, 0.2) is 0 Å². The number of carbonyl (C=O) groups is 1. The van der Waals surface area contributed by atoms with Crippen molar-refractivity contribution in [3.8, 4) is 0 Å². The Kier molecular flexibility index (Phi) is 4.61. The van der Waals surface area contributed by atoms with E-state index in [4.69, 9.17) is 0 Å². The van der Waals surface area contributed by atoms with Gasteiger partial charge in [-0.1, -0.05) is 15.9 Å². The minimum absolute atomic E-state index is 0.0471. The number of alkyl halides is 1. The van der Waals surface area contributed by atoms with Gasteiger partial charge in [0.2, 0.25) is 0 Å². The summed E-state index contributed by atoms with van der Waals surface area (Å²) in [7, 11) is 0.321. The maximum absolute atomic E-state index is 10.8. The molecule has 0 aromatic heterocycles. The Balaban J connectivity index is 3.94. The first kappa shape index (κ1) is 10.5. The van der Waals surface area contributed by atoms with Crippen LogP contribution in [0.4, 0.5) is 0 Å². The fraction of sp³-hybridized carbons (Fsp3) is 0.857. The molecule has 0 aliphatic rings. The average molecular weight is 226 g/mol. The van der Waals surface area contributed by atoms with Crippen LogP contribution < -0.4 is 0 Å². The number of halogens is 1. The van der Waals surface area contributed by atoms with Crippen LogP contribution in [0.5, 0.6) is 0 Å². The molecule has 0 saturated heterocycles. The van der Waals surface area contributed by atoms with Gasteiger partial charge in [0.05, 0.1) is 12.5 Å². The summed E-state index contributed by atoms with van der Waals surface area (Å²) in [6.07, 6.45) is 4.31. The van der Waals surface area contributed by atoms with Crippen LogP contribution in [0.25, 0.3) is 0 Å². The highest BCUT2D eigenvalue weighted by Gasteiger charge is 2.27. The fourth-order valence-corrected chi connectivity index (χ4v) is 2.53. The second kappa shape index (κ2) is 4.39. The van der Waals surface area contributed by atoms with E-state index in [1.165, 1.54) is 0 Å². The lowest BCUT2D eigenvalue weighted by molar-refractivity contribution is -0.116. The van der Waals surface area contributed by atoms with E-state index in [2.05, 4.69) is 35.4 Å². The van der Waals surface area contributed by atoms with Gasteiger partial charge in [-0.15, -0.1) is 0 Å². The van der Waals surface area contributed by atoms with E-state index in [-0.39, 0.29) is 10.6 Å². The molecule has 0 aliphatic carbocycles. The lowest BCUT2D eigenvalue weighted by Gasteiger charge is -2.11. The lowest BCUT2D eigenvalue weighted by atomic mass is 10.2. The highest BCUT2D eigenvalue weighted by molar-refractivity contribution is 9.10. The molecule has 0 radical (unpaired) electrons. The number of ketones is 1. The van der Waals surface area contributed by atoms with Crippen molar-refractivity contribution < 1.29 is 4.79 Å². The van der Waals surface area contributed by atoms with Crippen molar-refractivity contribution in [3.63, 3.8) is 0 Å². The summed E-state index contributed by atoms with van der Waals surface area (Å²) in [6, 6.07) is 0. The van der Waals surface area contributed by atoms with Crippen molar-refractivity contribution >= 4 is 32.6 Å². The SMILES string of the molecule is CC(=O)C(Br)C(C)[S+](C)C. The Hall–Kier alpha value is 0.500. The summed E-state index contributed by atoms with van der Waals surface area (Å²) >= 11 is 3.37. The zero-order chi connectivity index (χ0) is 8.31. The Morgan fingerprint density at radius 2 is 1.90 bits per heavy atom. The molecule has 0 spiro atoms. The summed E-state index contributed by atoms with van der Waals surface area (Å²) in [5.41, 5.74) is 0. The van der Waals surface area contributed by atoms with Gasteiger partial charge in [-0.05, 0) is 24.7 Å². The largest absolute Gasteiger partial charge is 0.299 e. The number of rotatable bonds is 3. The number of Topliss-reactive ketones (excluding diaryl/α,β-unsaturated/α-hetero) is 1. The van der Waals surface area contributed by atoms with Gasteiger partial charge in [0.25, 0.3) is 0 Å². The predicted molar refractivity (Wildman–Crippen MR) is 52.1 cm³/mol. The molecular formula is C7H14BrOS+. The van der Waals surface area contributed by atoms with Crippen LogP contribution >= 0.6 is 15.9 Å². The van der Waals surface area contributed by atoms with Gasteiger partial charge in [-0.3, -0.25) is 4.79 Å². The van der Waals surface area contributed by atoms with Crippen LogP contribution in [0.1, 0.15) is 13.8 Å². The molecule has 60 valence electrons. The van der Waals surface area contributed by atoms with Crippen LogP contribution in [0.3, 0.4) is 0 Å². The smallest absolute Gasteiger partial charge is 0.148 e. The Morgan fingerprint density at radius 3 is 2.00 bits per heavy atom. The van der Waals surface area contributed by atoms with Gasteiger partial charge in [-0.2, -0.15) is 0 Å². The van der Waals surface area contributed by atoms with Gasteiger partial charge in [0, 0.05) is 0 Å². The molecule has 0 heterocycles. The number of hydrogen-bond donors (Lipinski definition) is 0. The third-order valence-electron chi connectivity index (χ3n) is 1.54. The summed E-state index contributed by atoms with van der Waals surface area (Å²) in [6.45, 7) is 3.73. The van der Waals surface area contributed by atoms with Gasteiger partial charge in [0.15, 0.2) is 0 Å². The van der Waals surface area contributed by atoms with E-state index in [1.807, 2.05) is 0 Å². The molecule has 0 amide bonds. The van der Waals surface area contributed by atoms with E-state index in [0.29, 0.717) is 16.1 Å². The Bertz CT molecular complexity index is 125. The van der Waals surface area contributed by atoms with E-state index in [1.54, 1.807) is 6.92 Å².